The van der Waals surface area contributed by atoms with E-state index >= 15 is 0 Å². The molecular formula is C13H27NO2. The fraction of sp³-hybridized carbons (Fsp3) is 0.923. The predicted octanol–water partition coefficient (Wildman–Crippen LogP) is 2.73. The molecule has 3 nitrogen and oxygen atoms in total. The molecule has 1 unspecified atom stereocenters. The number of esters is 1. The second-order valence-corrected chi connectivity index (χ2v) is 6.22. The van der Waals surface area contributed by atoms with Crippen molar-refractivity contribution in [1.82, 2.24) is 0 Å². The van der Waals surface area contributed by atoms with Crippen LogP contribution in [-0.4, -0.2) is 18.1 Å². The molecule has 0 heterocycles. The first-order valence-corrected chi connectivity index (χ1v) is 6.02. The highest BCUT2D eigenvalue weighted by atomic mass is 16.6. The Labute approximate surface area is 99.7 Å². The Bertz CT molecular complexity index is 231. The zero-order valence-electron chi connectivity index (χ0n) is 11.6. The first-order chi connectivity index (χ1) is 7.10. The molecule has 0 saturated heterocycles. The van der Waals surface area contributed by atoms with Crippen molar-refractivity contribution in [1.29, 1.82) is 0 Å². The first-order valence-electron chi connectivity index (χ1n) is 6.02. The molecule has 2 N–H and O–H groups in total. The molecule has 0 amide bonds. The van der Waals surface area contributed by atoms with Gasteiger partial charge in [-0.25, -0.2) is 0 Å². The highest BCUT2D eigenvalue weighted by molar-refractivity contribution is 5.70. The number of carbonyl (C=O) groups excluding carboxylic acids is 1. The maximum absolute atomic E-state index is 11.5. The number of nitrogens with two attached hydrogens (primary N) is 1. The molecule has 1 atom stereocenters. The minimum Gasteiger partial charge on any atom is -0.459 e. The Balaban J connectivity index is 4.64. The van der Waals surface area contributed by atoms with Crippen molar-refractivity contribution >= 4 is 5.97 Å². The van der Waals surface area contributed by atoms with Gasteiger partial charge < -0.3 is 10.5 Å². The lowest BCUT2D eigenvalue weighted by molar-refractivity contribution is -0.166. The molecule has 0 rings (SSSR count). The van der Waals surface area contributed by atoms with Crippen LogP contribution in [0.5, 0.6) is 0 Å². The van der Waals surface area contributed by atoms with Crippen molar-refractivity contribution in [3.05, 3.63) is 0 Å². The summed E-state index contributed by atoms with van der Waals surface area (Å²) in [5.74, 6) is 0.108. The molecule has 0 aromatic heterocycles. The van der Waals surface area contributed by atoms with E-state index in [0.29, 0.717) is 18.9 Å². The molecule has 0 saturated carbocycles. The van der Waals surface area contributed by atoms with E-state index in [-0.39, 0.29) is 11.4 Å². The van der Waals surface area contributed by atoms with E-state index < -0.39 is 5.60 Å². The van der Waals surface area contributed by atoms with Crippen molar-refractivity contribution < 1.29 is 9.53 Å². The normalized spacial score (nSPS) is 16.0. The molecule has 0 aliphatic carbocycles. The SMILES string of the molecule is CC(C)C(C)(CC(C)(C)C)OC(=O)CCN. The van der Waals surface area contributed by atoms with Gasteiger partial charge in [0.2, 0.25) is 0 Å². The fourth-order valence-corrected chi connectivity index (χ4v) is 1.84. The van der Waals surface area contributed by atoms with E-state index in [1.165, 1.54) is 0 Å². The van der Waals surface area contributed by atoms with Crippen LogP contribution in [0.15, 0.2) is 0 Å². The topological polar surface area (TPSA) is 52.3 Å². The summed E-state index contributed by atoms with van der Waals surface area (Å²) in [7, 11) is 0. The Morgan fingerprint density at radius 2 is 1.75 bits per heavy atom. The average molecular weight is 229 g/mol. The number of carbonyl (C=O) groups is 1. The van der Waals surface area contributed by atoms with E-state index in [1.807, 2.05) is 6.92 Å². The predicted molar refractivity (Wildman–Crippen MR) is 67.1 cm³/mol. The summed E-state index contributed by atoms with van der Waals surface area (Å²) < 4.78 is 5.60. The van der Waals surface area contributed by atoms with Crippen LogP contribution in [0.4, 0.5) is 0 Å². The number of ether oxygens (including phenoxy) is 1. The van der Waals surface area contributed by atoms with Crippen LogP contribution in [-0.2, 0) is 9.53 Å². The lowest BCUT2D eigenvalue weighted by atomic mass is 9.77. The number of hydrogen-bond acceptors (Lipinski definition) is 3. The molecular weight excluding hydrogens is 202 g/mol. The van der Waals surface area contributed by atoms with Gasteiger partial charge in [-0.2, -0.15) is 0 Å². The lowest BCUT2D eigenvalue weighted by Crippen LogP contribution is -2.41. The van der Waals surface area contributed by atoms with Crippen molar-refractivity contribution in [3.8, 4) is 0 Å². The van der Waals surface area contributed by atoms with Gasteiger partial charge in [0.15, 0.2) is 0 Å². The Morgan fingerprint density at radius 3 is 2.06 bits per heavy atom. The van der Waals surface area contributed by atoms with Gasteiger partial charge in [-0.1, -0.05) is 34.6 Å². The average Bonchev–Trinajstić information content (AvgIpc) is 1.99. The van der Waals surface area contributed by atoms with E-state index in [4.69, 9.17) is 10.5 Å². The van der Waals surface area contributed by atoms with Crippen LogP contribution < -0.4 is 5.73 Å². The van der Waals surface area contributed by atoms with Gasteiger partial charge in [0.1, 0.15) is 5.60 Å². The third-order valence-electron chi connectivity index (χ3n) is 2.80. The van der Waals surface area contributed by atoms with Gasteiger partial charge in [0.25, 0.3) is 0 Å². The minimum atomic E-state index is -0.398. The monoisotopic (exact) mass is 229 g/mol. The standard InChI is InChI=1S/C13H27NO2/c1-10(2)13(6,9-12(3,4)5)16-11(15)7-8-14/h10H,7-9,14H2,1-6H3. The second kappa shape index (κ2) is 5.67. The quantitative estimate of drug-likeness (QED) is 0.737. The summed E-state index contributed by atoms with van der Waals surface area (Å²) in [4.78, 5) is 11.5. The lowest BCUT2D eigenvalue weighted by Gasteiger charge is -2.38. The molecule has 0 spiro atoms. The van der Waals surface area contributed by atoms with Crippen molar-refractivity contribution in [2.75, 3.05) is 6.54 Å². The van der Waals surface area contributed by atoms with E-state index in [0.717, 1.165) is 6.42 Å². The van der Waals surface area contributed by atoms with E-state index in [1.54, 1.807) is 0 Å². The summed E-state index contributed by atoms with van der Waals surface area (Å²) in [6, 6.07) is 0. The van der Waals surface area contributed by atoms with Gasteiger partial charge >= 0.3 is 5.97 Å². The zero-order chi connectivity index (χ0) is 13.0. The summed E-state index contributed by atoms with van der Waals surface area (Å²) in [5, 5.41) is 0. The highest BCUT2D eigenvalue weighted by Crippen LogP contribution is 2.35. The van der Waals surface area contributed by atoms with Crippen LogP contribution in [0.2, 0.25) is 0 Å². The Morgan fingerprint density at radius 1 is 1.25 bits per heavy atom. The second-order valence-electron chi connectivity index (χ2n) is 6.22. The van der Waals surface area contributed by atoms with Crippen LogP contribution >= 0.6 is 0 Å². The molecule has 0 aromatic carbocycles. The van der Waals surface area contributed by atoms with Gasteiger partial charge in [0.05, 0.1) is 6.42 Å². The molecule has 0 fully saturated rings. The molecule has 0 radical (unpaired) electrons. The third-order valence-corrected chi connectivity index (χ3v) is 2.80. The van der Waals surface area contributed by atoms with Gasteiger partial charge in [-0.15, -0.1) is 0 Å². The van der Waals surface area contributed by atoms with Gasteiger partial charge in [-0.3, -0.25) is 4.79 Å². The van der Waals surface area contributed by atoms with Gasteiger partial charge in [0, 0.05) is 6.54 Å². The van der Waals surface area contributed by atoms with E-state index in [9.17, 15) is 4.79 Å². The summed E-state index contributed by atoms with van der Waals surface area (Å²) in [6.45, 7) is 13.0. The molecule has 16 heavy (non-hydrogen) atoms. The van der Waals surface area contributed by atoms with Crippen molar-refractivity contribution in [3.63, 3.8) is 0 Å². The smallest absolute Gasteiger partial charge is 0.307 e. The molecule has 0 aliphatic rings. The molecule has 96 valence electrons. The largest absolute Gasteiger partial charge is 0.459 e. The summed E-state index contributed by atoms with van der Waals surface area (Å²) in [5.41, 5.74) is 5.09. The molecule has 0 aromatic rings. The van der Waals surface area contributed by atoms with Crippen LogP contribution in [0.1, 0.15) is 54.4 Å². The summed E-state index contributed by atoms with van der Waals surface area (Å²) in [6.07, 6.45) is 1.15. The van der Waals surface area contributed by atoms with Crippen LogP contribution in [0.25, 0.3) is 0 Å². The van der Waals surface area contributed by atoms with E-state index in [2.05, 4.69) is 34.6 Å². The zero-order valence-corrected chi connectivity index (χ0v) is 11.6. The number of rotatable bonds is 5. The molecule has 3 heteroatoms. The first kappa shape index (κ1) is 15.4. The fourth-order valence-electron chi connectivity index (χ4n) is 1.84. The third kappa shape index (κ3) is 5.50. The Kier molecular flexibility index (Phi) is 5.47. The Hall–Kier alpha value is -0.570. The highest BCUT2D eigenvalue weighted by Gasteiger charge is 2.36. The number of hydrogen-bond donors (Lipinski definition) is 1. The van der Waals surface area contributed by atoms with Gasteiger partial charge in [-0.05, 0) is 24.7 Å². The maximum atomic E-state index is 11.5. The molecule has 0 aliphatic heterocycles. The molecule has 0 bridgehead atoms. The van der Waals surface area contributed by atoms with Crippen molar-refractivity contribution in [2.24, 2.45) is 17.1 Å². The minimum absolute atomic E-state index is 0.141. The summed E-state index contributed by atoms with van der Waals surface area (Å²) >= 11 is 0. The van der Waals surface area contributed by atoms with Crippen molar-refractivity contribution in [2.45, 2.75) is 60.0 Å². The van der Waals surface area contributed by atoms with Crippen LogP contribution in [0.3, 0.4) is 0 Å². The van der Waals surface area contributed by atoms with Crippen LogP contribution in [0, 0.1) is 11.3 Å². The maximum Gasteiger partial charge on any atom is 0.307 e.